The lowest BCUT2D eigenvalue weighted by Crippen LogP contribution is -2.33. The highest BCUT2D eigenvalue weighted by atomic mass is 16.3. The van der Waals surface area contributed by atoms with Gasteiger partial charge in [-0.25, -0.2) is 0 Å². The van der Waals surface area contributed by atoms with E-state index in [1.165, 1.54) is 12.8 Å². The fourth-order valence-corrected chi connectivity index (χ4v) is 2.28. The molecule has 0 saturated heterocycles. The Labute approximate surface area is 105 Å². The Kier molecular flexibility index (Phi) is 5.63. The van der Waals surface area contributed by atoms with Crippen LogP contribution in [0.25, 0.3) is 0 Å². The Morgan fingerprint density at radius 1 is 1.35 bits per heavy atom. The third kappa shape index (κ3) is 3.53. The van der Waals surface area contributed by atoms with E-state index in [9.17, 15) is 5.11 Å². The molecule has 2 atom stereocenters. The van der Waals surface area contributed by atoms with Gasteiger partial charge in [0, 0.05) is 18.0 Å². The summed E-state index contributed by atoms with van der Waals surface area (Å²) < 4.78 is 0. The summed E-state index contributed by atoms with van der Waals surface area (Å²) in [7, 11) is 0. The summed E-state index contributed by atoms with van der Waals surface area (Å²) in [5, 5.41) is 10.9. The zero-order chi connectivity index (χ0) is 12.7. The molecule has 0 aromatic carbocycles. The summed E-state index contributed by atoms with van der Waals surface area (Å²) in [5.74, 6) is 0.267. The minimum Gasteiger partial charge on any atom is -0.385 e. The highest BCUT2D eigenvalue weighted by Crippen LogP contribution is 2.36. The van der Waals surface area contributed by atoms with Gasteiger partial charge in [0.15, 0.2) is 0 Å². The molecule has 2 heteroatoms. The van der Waals surface area contributed by atoms with Crippen molar-refractivity contribution in [1.29, 1.82) is 0 Å². The quantitative estimate of drug-likeness (QED) is 0.727. The second kappa shape index (κ2) is 6.75. The molecular formula is C15H25NO. The molecule has 0 fully saturated rings. The van der Waals surface area contributed by atoms with E-state index in [-0.39, 0.29) is 5.92 Å². The first kappa shape index (κ1) is 14.2. The maximum atomic E-state index is 10.9. The smallest absolute Gasteiger partial charge is 0.0936 e. The Balaban J connectivity index is 2.86. The lowest BCUT2D eigenvalue weighted by Gasteiger charge is -2.34. The molecule has 0 radical (unpaired) electrons. The minimum atomic E-state index is -0.710. The minimum absolute atomic E-state index is 0.267. The molecule has 1 aromatic rings. The number of nitrogens with zero attached hydrogens (tertiary/aromatic N) is 1. The van der Waals surface area contributed by atoms with Crippen LogP contribution in [0, 0.1) is 5.92 Å². The average molecular weight is 235 g/mol. The van der Waals surface area contributed by atoms with Gasteiger partial charge in [-0.1, -0.05) is 52.5 Å². The monoisotopic (exact) mass is 235 g/mol. The molecule has 2 unspecified atom stereocenters. The molecule has 1 N–H and O–H groups in total. The molecule has 2 nitrogen and oxygen atoms in total. The third-order valence-electron chi connectivity index (χ3n) is 3.75. The average Bonchev–Trinajstić information content (AvgIpc) is 2.39. The van der Waals surface area contributed by atoms with Crippen LogP contribution in [-0.4, -0.2) is 10.1 Å². The van der Waals surface area contributed by atoms with Crippen LogP contribution in [0.3, 0.4) is 0 Å². The van der Waals surface area contributed by atoms with E-state index in [0.717, 1.165) is 24.8 Å². The summed E-state index contributed by atoms with van der Waals surface area (Å²) in [6, 6.07) is 3.90. The van der Waals surface area contributed by atoms with Gasteiger partial charge >= 0.3 is 0 Å². The normalized spacial score (nSPS) is 16.5. The molecule has 96 valence electrons. The lowest BCUT2D eigenvalue weighted by atomic mass is 9.78. The number of unbranched alkanes of at least 4 members (excludes halogenated alkanes) is 2. The van der Waals surface area contributed by atoms with Crippen LogP contribution in [0.4, 0.5) is 0 Å². The van der Waals surface area contributed by atoms with E-state index in [2.05, 4.69) is 25.8 Å². The zero-order valence-electron chi connectivity index (χ0n) is 11.3. The van der Waals surface area contributed by atoms with Crippen molar-refractivity contribution in [2.45, 2.75) is 58.5 Å². The number of aliphatic hydroxyl groups is 1. The predicted molar refractivity (Wildman–Crippen MR) is 71.7 cm³/mol. The number of pyridine rings is 1. The number of hydrogen-bond acceptors (Lipinski definition) is 2. The molecular weight excluding hydrogens is 210 g/mol. The second-order valence-electron chi connectivity index (χ2n) is 4.93. The fraction of sp³-hybridized carbons (Fsp3) is 0.667. The highest BCUT2D eigenvalue weighted by Gasteiger charge is 2.34. The molecule has 0 bridgehead atoms. The Bertz CT molecular complexity index is 312. The van der Waals surface area contributed by atoms with E-state index in [4.69, 9.17) is 0 Å². The highest BCUT2D eigenvalue weighted by molar-refractivity contribution is 5.19. The van der Waals surface area contributed by atoms with Crippen molar-refractivity contribution >= 4 is 0 Å². The third-order valence-corrected chi connectivity index (χ3v) is 3.75. The molecule has 17 heavy (non-hydrogen) atoms. The molecule has 0 amide bonds. The number of rotatable bonds is 7. The van der Waals surface area contributed by atoms with Crippen molar-refractivity contribution in [2.24, 2.45) is 5.92 Å². The van der Waals surface area contributed by atoms with Crippen LogP contribution >= 0.6 is 0 Å². The zero-order valence-corrected chi connectivity index (χ0v) is 11.3. The van der Waals surface area contributed by atoms with Crippen molar-refractivity contribution in [3.05, 3.63) is 30.1 Å². The van der Waals surface area contributed by atoms with Gasteiger partial charge in [-0.15, -0.1) is 0 Å². The van der Waals surface area contributed by atoms with Crippen LogP contribution in [0.5, 0.6) is 0 Å². The van der Waals surface area contributed by atoms with Crippen molar-refractivity contribution in [2.75, 3.05) is 0 Å². The van der Waals surface area contributed by atoms with Gasteiger partial charge < -0.3 is 5.11 Å². The molecule has 1 rings (SSSR count). The molecule has 1 heterocycles. The molecule has 0 saturated carbocycles. The van der Waals surface area contributed by atoms with Gasteiger partial charge in [-0.3, -0.25) is 4.98 Å². The van der Waals surface area contributed by atoms with Crippen molar-refractivity contribution in [1.82, 2.24) is 4.98 Å². The SMILES string of the molecule is CCCCCC(O)(c1cccnc1)C(C)CC. The van der Waals surface area contributed by atoms with E-state index in [1.807, 2.05) is 12.1 Å². The van der Waals surface area contributed by atoms with Crippen LogP contribution in [0.15, 0.2) is 24.5 Å². The molecule has 0 aliphatic rings. The maximum Gasteiger partial charge on any atom is 0.0936 e. The number of hydrogen-bond donors (Lipinski definition) is 1. The Hall–Kier alpha value is -0.890. The predicted octanol–water partition coefficient (Wildman–Crippen LogP) is 3.90. The summed E-state index contributed by atoms with van der Waals surface area (Å²) >= 11 is 0. The first-order valence-corrected chi connectivity index (χ1v) is 6.78. The fourth-order valence-electron chi connectivity index (χ4n) is 2.28. The van der Waals surface area contributed by atoms with Gasteiger partial charge in [0.1, 0.15) is 0 Å². The first-order chi connectivity index (χ1) is 8.15. The van der Waals surface area contributed by atoms with Gasteiger partial charge in [0.05, 0.1) is 5.60 Å². The van der Waals surface area contributed by atoms with E-state index < -0.39 is 5.60 Å². The summed E-state index contributed by atoms with van der Waals surface area (Å²) in [4.78, 5) is 4.14. The second-order valence-corrected chi connectivity index (χ2v) is 4.93. The summed E-state index contributed by atoms with van der Waals surface area (Å²) in [6.07, 6.45) is 8.82. The van der Waals surface area contributed by atoms with Gasteiger partial charge in [-0.2, -0.15) is 0 Å². The van der Waals surface area contributed by atoms with Gasteiger partial charge in [-0.05, 0) is 18.4 Å². The van der Waals surface area contributed by atoms with Crippen LogP contribution in [0.1, 0.15) is 58.4 Å². The van der Waals surface area contributed by atoms with Crippen molar-refractivity contribution < 1.29 is 5.11 Å². The first-order valence-electron chi connectivity index (χ1n) is 6.78. The molecule has 1 aromatic heterocycles. The maximum absolute atomic E-state index is 10.9. The molecule has 0 aliphatic carbocycles. The van der Waals surface area contributed by atoms with Crippen LogP contribution < -0.4 is 0 Å². The largest absolute Gasteiger partial charge is 0.385 e. The van der Waals surface area contributed by atoms with E-state index in [1.54, 1.807) is 12.4 Å². The number of aromatic nitrogens is 1. The lowest BCUT2D eigenvalue weighted by molar-refractivity contribution is -0.0291. The molecule has 0 aliphatic heterocycles. The van der Waals surface area contributed by atoms with Crippen LogP contribution in [-0.2, 0) is 5.60 Å². The van der Waals surface area contributed by atoms with Crippen molar-refractivity contribution in [3.8, 4) is 0 Å². The summed E-state index contributed by atoms with van der Waals surface area (Å²) in [6.45, 7) is 6.44. The van der Waals surface area contributed by atoms with Gasteiger partial charge in [0.2, 0.25) is 0 Å². The van der Waals surface area contributed by atoms with E-state index >= 15 is 0 Å². The van der Waals surface area contributed by atoms with Crippen molar-refractivity contribution in [3.63, 3.8) is 0 Å². The topological polar surface area (TPSA) is 33.1 Å². The Morgan fingerprint density at radius 2 is 2.12 bits per heavy atom. The van der Waals surface area contributed by atoms with E-state index in [0.29, 0.717) is 0 Å². The standard InChI is InChI=1S/C15H25NO/c1-4-6-7-10-15(17,13(3)5-2)14-9-8-11-16-12-14/h8-9,11-13,17H,4-7,10H2,1-3H3. The van der Waals surface area contributed by atoms with Crippen LogP contribution in [0.2, 0.25) is 0 Å². The summed E-state index contributed by atoms with van der Waals surface area (Å²) in [5.41, 5.74) is 0.253. The van der Waals surface area contributed by atoms with Gasteiger partial charge in [0.25, 0.3) is 0 Å². The Morgan fingerprint density at radius 3 is 2.65 bits per heavy atom. The molecule has 0 spiro atoms.